The highest BCUT2D eigenvalue weighted by Crippen LogP contribution is 2.35. The summed E-state index contributed by atoms with van der Waals surface area (Å²) in [5.74, 6) is 0.552. The lowest BCUT2D eigenvalue weighted by atomic mass is 10.0. The van der Waals surface area contributed by atoms with Crippen LogP contribution in [0.15, 0.2) is 109 Å². The van der Waals surface area contributed by atoms with Crippen LogP contribution in [-0.2, 0) is 11.4 Å². The third-order valence-corrected chi connectivity index (χ3v) is 5.52. The highest BCUT2D eigenvalue weighted by Gasteiger charge is 2.32. The summed E-state index contributed by atoms with van der Waals surface area (Å²) < 4.78 is 5.91. The van der Waals surface area contributed by atoms with Crippen LogP contribution in [-0.4, -0.2) is 21.6 Å². The number of nitrogens with zero attached hydrogens (tertiary/aromatic N) is 4. The van der Waals surface area contributed by atoms with Gasteiger partial charge in [0.05, 0.1) is 11.7 Å². The summed E-state index contributed by atoms with van der Waals surface area (Å²) in [6.07, 6.45) is 5.52. The summed E-state index contributed by atoms with van der Waals surface area (Å²) in [5, 5.41) is 9.49. The molecule has 1 aliphatic rings. The van der Waals surface area contributed by atoms with E-state index < -0.39 is 0 Å². The van der Waals surface area contributed by atoms with Gasteiger partial charge in [-0.25, -0.2) is 4.98 Å². The van der Waals surface area contributed by atoms with Gasteiger partial charge in [-0.15, -0.1) is 0 Å². The van der Waals surface area contributed by atoms with Gasteiger partial charge >= 0.3 is 0 Å². The molecular formula is C27H23N5O2. The maximum Gasteiger partial charge on any atom is 0.273 e. The molecule has 0 bridgehead atoms. The molecule has 7 nitrogen and oxygen atoms in total. The fraction of sp³-hybridized carbons (Fsp3) is 0.111. The fourth-order valence-corrected chi connectivity index (χ4v) is 3.82. The lowest BCUT2D eigenvalue weighted by molar-refractivity contribution is -0.110. The molecule has 34 heavy (non-hydrogen) atoms. The molecule has 0 saturated carbocycles. The number of rotatable bonds is 7. The van der Waals surface area contributed by atoms with E-state index in [-0.39, 0.29) is 11.9 Å². The van der Waals surface area contributed by atoms with E-state index in [1.807, 2.05) is 65.7 Å². The van der Waals surface area contributed by atoms with Crippen LogP contribution in [0.5, 0.6) is 5.75 Å². The molecular weight excluding hydrogens is 426 g/mol. The number of anilines is 2. The minimum absolute atomic E-state index is 0.0736. The molecule has 1 amide bonds. The van der Waals surface area contributed by atoms with Crippen molar-refractivity contribution in [2.24, 2.45) is 5.10 Å². The minimum Gasteiger partial charge on any atom is -0.485 e. The van der Waals surface area contributed by atoms with E-state index in [1.165, 1.54) is 0 Å². The zero-order valence-electron chi connectivity index (χ0n) is 18.4. The molecule has 0 saturated heterocycles. The molecule has 0 fully saturated rings. The molecule has 1 aliphatic heterocycles. The number of para-hydroxylation sites is 1. The molecule has 0 spiro atoms. The summed E-state index contributed by atoms with van der Waals surface area (Å²) in [5.41, 5.74) is 3.43. The van der Waals surface area contributed by atoms with Gasteiger partial charge in [-0.2, -0.15) is 5.10 Å². The second kappa shape index (κ2) is 9.95. The van der Waals surface area contributed by atoms with Gasteiger partial charge in [0.2, 0.25) is 0 Å². The van der Waals surface area contributed by atoms with E-state index in [4.69, 9.17) is 9.84 Å². The highest BCUT2D eigenvalue weighted by atomic mass is 16.5. The summed E-state index contributed by atoms with van der Waals surface area (Å²) >= 11 is 0. The summed E-state index contributed by atoms with van der Waals surface area (Å²) in [6.45, 7) is 0.343. The average Bonchev–Trinajstić information content (AvgIpc) is 3.36. The number of hydrazone groups is 1. The maximum absolute atomic E-state index is 13.2. The molecule has 4 aromatic rings. The Balaban J connectivity index is 1.35. The fourth-order valence-electron chi connectivity index (χ4n) is 3.82. The van der Waals surface area contributed by atoms with Gasteiger partial charge in [-0.1, -0.05) is 48.5 Å². The van der Waals surface area contributed by atoms with Crippen LogP contribution < -0.4 is 15.1 Å². The molecule has 2 aromatic carbocycles. The molecule has 3 heterocycles. The molecule has 1 atom stereocenters. The number of pyridine rings is 2. The summed E-state index contributed by atoms with van der Waals surface area (Å²) in [4.78, 5) is 21.6. The number of amides is 1. The molecule has 2 aromatic heterocycles. The number of carbonyl (C=O) groups excluding carboxylic acids is 1. The van der Waals surface area contributed by atoms with Gasteiger partial charge in [0, 0.05) is 25.0 Å². The highest BCUT2D eigenvalue weighted by molar-refractivity contribution is 6.43. The summed E-state index contributed by atoms with van der Waals surface area (Å²) in [7, 11) is 0. The van der Waals surface area contributed by atoms with E-state index in [2.05, 4.69) is 27.4 Å². The number of benzene rings is 2. The Labute approximate surface area is 197 Å². The topological polar surface area (TPSA) is 79.7 Å². The predicted molar refractivity (Wildman–Crippen MR) is 132 cm³/mol. The van der Waals surface area contributed by atoms with Gasteiger partial charge in [0.1, 0.15) is 12.3 Å². The van der Waals surface area contributed by atoms with Crippen LogP contribution in [0.3, 0.4) is 0 Å². The van der Waals surface area contributed by atoms with Crippen molar-refractivity contribution < 1.29 is 9.53 Å². The van der Waals surface area contributed by atoms with E-state index >= 15 is 0 Å². The van der Waals surface area contributed by atoms with Gasteiger partial charge in [0.25, 0.3) is 5.91 Å². The standard InChI is InChI=1S/C27H23N5O2/c33-27(30-26-25(12-7-15-29-26)34-19-20-13-16-28-17-14-20)23-18-24(21-8-3-1-4-9-21)32(31-23)22-10-5-2-6-11-22/h1-17,24H,18-19H2,(H,29,30,33). The number of ether oxygens (including phenoxy) is 1. The number of aromatic nitrogens is 2. The van der Waals surface area contributed by atoms with Crippen molar-refractivity contribution in [1.82, 2.24) is 9.97 Å². The van der Waals surface area contributed by atoms with Crippen LogP contribution in [0.1, 0.15) is 23.6 Å². The van der Waals surface area contributed by atoms with Gasteiger partial charge in [0.15, 0.2) is 11.6 Å². The lowest BCUT2D eigenvalue weighted by Crippen LogP contribution is -2.23. The van der Waals surface area contributed by atoms with Crippen LogP contribution >= 0.6 is 0 Å². The summed E-state index contributed by atoms with van der Waals surface area (Å²) in [6, 6.07) is 27.2. The van der Waals surface area contributed by atoms with Crippen LogP contribution in [0.25, 0.3) is 0 Å². The molecule has 7 heteroatoms. The molecule has 1 N–H and O–H groups in total. The Hall–Kier alpha value is -4.52. The van der Waals surface area contributed by atoms with Crippen LogP contribution in [0, 0.1) is 0 Å². The molecule has 0 radical (unpaired) electrons. The average molecular weight is 450 g/mol. The number of carbonyl (C=O) groups is 1. The van der Waals surface area contributed by atoms with E-state index in [0.29, 0.717) is 30.3 Å². The van der Waals surface area contributed by atoms with Crippen molar-refractivity contribution in [3.63, 3.8) is 0 Å². The van der Waals surface area contributed by atoms with Crippen molar-refractivity contribution in [2.45, 2.75) is 19.1 Å². The number of hydrogen-bond acceptors (Lipinski definition) is 6. The number of hydrogen-bond donors (Lipinski definition) is 1. The largest absolute Gasteiger partial charge is 0.485 e. The number of nitrogens with one attached hydrogen (secondary N) is 1. The monoisotopic (exact) mass is 449 g/mol. The zero-order valence-corrected chi connectivity index (χ0v) is 18.4. The lowest BCUT2D eigenvalue weighted by Gasteiger charge is -2.23. The first-order valence-electron chi connectivity index (χ1n) is 11.0. The van der Waals surface area contributed by atoms with Crippen LogP contribution in [0.2, 0.25) is 0 Å². The Bertz CT molecular complexity index is 1280. The Kier molecular flexibility index (Phi) is 6.25. The minimum atomic E-state index is -0.299. The normalized spacial score (nSPS) is 15.0. The van der Waals surface area contributed by atoms with E-state index in [0.717, 1.165) is 16.8 Å². The van der Waals surface area contributed by atoms with Gasteiger partial charge in [-0.3, -0.25) is 14.8 Å². The van der Waals surface area contributed by atoms with Crippen molar-refractivity contribution in [2.75, 3.05) is 10.3 Å². The smallest absolute Gasteiger partial charge is 0.273 e. The van der Waals surface area contributed by atoms with E-state index in [9.17, 15) is 4.79 Å². The van der Waals surface area contributed by atoms with E-state index in [1.54, 1.807) is 30.7 Å². The van der Waals surface area contributed by atoms with Gasteiger partial charge < -0.3 is 10.1 Å². The van der Waals surface area contributed by atoms with Crippen molar-refractivity contribution in [3.05, 3.63) is 115 Å². The van der Waals surface area contributed by atoms with Crippen molar-refractivity contribution in [3.8, 4) is 5.75 Å². The third kappa shape index (κ3) is 4.78. The zero-order chi connectivity index (χ0) is 23.2. The van der Waals surface area contributed by atoms with Crippen molar-refractivity contribution >= 4 is 23.1 Å². The van der Waals surface area contributed by atoms with Crippen molar-refractivity contribution in [1.29, 1.82) is 0 Å². The third-order valence-electron chi connectivity index (χ3n) is 5.52. The first-order valence-corrected chi connectivity index (χ1v) is 11.0. The predicted octanol–water partition coefficient (Wildman–Crippen LogP) is 5.00. The maximum atomic E-state index is 13.2. The van der Waals surface area contributed by atoms with Crippen LogP contribution in [0.4, 0.5) is 11.5 Å². The quantitative estimate of drug-likeness (QED) is 0.429. The first-order chi connectivity index (χ1) is 16.8. The molecule has 5 rings (SSSR count). The first kappa shape index (κ1) is 21.3. The van der Waals surface area contributed by atoms with Gasteiger partial charge in [-0.05, 0) is 47.5 Å². The Morgan fingerprint density at radius 1 is 0.912 bits per heavy atom. The second-order valence-corrected chi connectivity index (χ2v) is 7.81. The molecule has 1 unspecified atom stereocenters. The molecule has 168 valence electrons. The Morgan fingerprint density at radius 3 is 2.41 bits per heavy atom. The second-order valence-electron chi connectivity index (χ2n) is 7.81. The Morgan fingerprint density at radius 2 is 1.65 bits per heavy atom. The molecule has 0 aliphatic carbocycles. The SMILES string of the molecule is O=C(Nc1ncccc1OCc1ccncc1)C1=NN(c2ccccc2)C(c2ccccc2)C1.